The lowest BCUT2D eigenvalue weighted by molar-refractivity contribution is 0.0740. The first kappa shape index (κ1) is 19.1. The summed E-state index contributed by atoms with van der Waals surface area (Å²) < 4.78 is 11.4. The molecule has 1 unspecified atom stereocenters. The largest absolute Gasteiger partial charge is 0.381 e. The molecule has 0 bridgehead atoms. The fourth-order valence-corrected chi connectivity index (χ4v) is 4.82. The number of hydrogen-bond donors (Lipinski definition) is 2. The molecule has 2 saturated heterocycles. The van der Waals surface area contributed by atoms with Gasteiger partial charge in [-0.3, -0.25) is 0 Å². The summed E-state index contributed by atoms with van der Waals surface area (Å²) in [5.41, 5.74) is 6.79. The van der Waals surface area contributed by atoms with Crippen molar-refractivity contribution in [3.63, 3.8) is 0 Å². The van der Waals surface area contributed by atoms with E-state index in [-0.39, 0.29) is 6.04 Å². The number of nitrogens with zero attached hydrogens (tertiary/aromatic N) is 1. The van der Waals surface area contributed by atoms with Crippen LogP contribution in [0.2, 0.25) is 5.02 Å². The number of morpholine rings is 1. The number of fused-ring (bicyclic) bond motifs is 1. The molecule has 0 saturated carbocycles. The van der Waals surface area contributed by atoms with Crippen LogP contribution in [-0.4, -0.2) is 42.9 Å². The van der Waals surface area contributed by atoms with Crippen molar-refractivity contribution in [3.8, 4) is 11.1 Å². The average molecular weight is 412 g/mol. The van der Waals surface area contributed by atoms with Crippen molar-refractivity contribution in [2.75, 3.05) is 33.0 Å². The molecule has 0 radical (unpaired) electrons. The SMILES string of the molecule is Cc1c[nH]c2ncc(-c3cc(C4COCCN4)c(C4CCOCC4)cc3Cl)cc12. The average Bonchev–Trinajstić information content (AvgIpc) is 3.15. The monoisotopic (exact) mass is 411 g/mol. The second-order valence-electron chi connectivity index (χ2n) is 8.02. The van der Waals surface area contributed by atoms with E-state index < -0.39 is 0 Å². The third-order valence-corrected chi connectivity index (χ3v) is 6.49. The normalized spacial score (nSPS) is 21.0. The zero-order valence-electron chi connectivity index (χ0n) is 16.6. The van der Waals surface area contributed by atoms with E-state index >= 15 is 0 Å². The smallest absolute Gasteiger partial charge is 0.137 e. The molecule has 29 heavy (non-hydrogen) atoms. The van der Waals surface area contributed by atoms with Crippen LogP contribution in [0.3, 0.4) is 0 Å². The Kier molecular flexibility index (Phi) is 5.31. The first-order valence-electron chi connectivity index (χ1n) is 10.4. The van der Waals surface area contributed by atoms with Crippen LogP contribution >= 0.6 is 11.6 Å². The lowest BCUT2D eigenvalue weighted by Gasteiger charge is -2.31. The summed E-state index contributed by atoms with van der Waals surface area (Å²) in [6, 6.07) is 6.79. The zero-order valence-corrected chi connectivity index (χ0v) is 17.4. The first-order chi connectivity index (χ1) is 14.2. The lowest BCUT2D eigenvalue weighted by Crippen LogP contribution is -2.35. The van der Waals surface area contributed by atoms with E-state index in [1.807, 2.05) is 12.4 Å². The number of nitrogens with one attached hydrogen (secondary N) is 2. The quantitative estimate of drug-likeness (QED) is 0.653. The molecule has 6 heteroatoms. The molecule has 2 N–H and O–H groups in total. The molecule has 3 aromatic rings. The van der Waals surface area contributed by atoms with Crippen molar-refractivity contribution in [2.45, 2.75) is 31.7 Å². The van der Waals surface area contributed by atoms with E-state index in [1.54, 1.807) is 0 Å². The van der Waals surface area contributed by atoms with E-state index in [4.69, 9.17) is 21.1 Å². The number of pyridine rings is 1. The molecular weight excluding hydrogens is 386 g/mol. The molecule has 2 aliphatic rings. The molecule has 1 aromatic carbocycles. The van der Waals surface area contributed by atoms with E-state index in [2.05, 4.69) is 40.4 Å². The van der Waals surface area contributed by atoms with Crippen LogP contribution < -0.4 is 5.32 Å². The minimum absolute atomic E-state index is 0.184. The van der Waals surface area contributed by atoms with Gasteiger partial charge in [-0.25, -0.2) is 4.98 Å². The summed E-state index contributed by atoms with van der Waals surface area (Å²) in [4.78, 5) is 7.82. The Morgan fingerprint density at radius 2 is 1.93 bits per heavy atom. The highest BCUT2D eigenvalue weighted by atomic mass is 35.5. The van der Waals surface area contributed by atoms with Crippen molar-refractivity contribution in [2.24, 2.45) is 0 Å². The number of H-pyrrole nitrogens is 1. The fraction of sp³-hybridized carbons (Fsp3) is 0.435. The first-order valence-corrected chi connectivity index (χ1v) is 10.7. The van der Waals surface area contributed by atoms with Crippen molar-refractivity contribution < 1.29 is 9.47 Å². The summed E-state index contributed by atoms with van der Waals surface area (Å²) in [7, 11) is 0. The van der Waals surface area contributed by atoms with Gasteiger partial charge in [-0.1, -0.05) is 11.6 Å². The Labute approximate surface area is 175 Å². The van der Waals surface area contributed by atoms with Crippen molar-refractivity contribution in [1.29, 1.82) is 0 Å². The van der Waals surface area contributed by atoms with Crippen LogP contribution in [0.5, 0.6) is 0 Å². The number of aryl methyl sites for hydroxylation is 1. The lowest BCUT2D eigenvalue weighted by atomic mass is 9.84. The number of benzene rings is 1. The Hall–Kier alpha value is -1.92. The van der Waals surface area contributed by atoms with Gasteiger partial charge in [-0.15, -0.1) is 0 Å². The minimum Gasteiger partial charge on any atom is -0.381 e. The fourth-order valence-electron chi connectivity index (χ4n) is 4.54. The van der Waals surface area contributed by atoms with Crippen LogP contribution in [0.1, 0.15) is 41.5 Å². The van der Waals surface area contributed by atoms with Crippen LogP contribution in [0.15, 0.2) is 30.6 Å². The summed E-state index contributed by atoms with van der Waals surface area (Å²) in [5, 5.41) is 5.54. The Morgan fingerprint density at radius 1 is 1.07 bits per heavy atom. The zero-order chi connectivity index (χ0) is 19.8. The molecular formula is C23H26ClN3O2. The Morgan fingerprint density at radius 3 is 2.72 bits per heavy atom. The molecule has 4 heterocycles. The van der Waals surface area contributed by atoms with Gasteiger partial charge in [0.05, 0.1) is 19.3 Å². The van der Waals surface area contributed by atoms with Crippen LogP contribution in [0, 0.1) is 6.92 Å². The van der Waals surface area contributed by atoms with Crippen molar-refractivity contribution >= 4 is 22.6 Å². The predicted octanol–water partition coefficient (Wildman–Crippen LogP) is 4.75. The highest BCUT2D eigenvalue weighted by molar-refractivity contribution is 6.33. The van der Waals surface area contributed by atoms with Crippen LogP contribution in [0.25, 0.3) is 22.2 Å². The maximum atomic E-state index is 6.84. The van der Waals surface area contributed by atoms with E-state index in [0.717, 1.165) is 66.4 Å². The summed E-state index contributed by atoms with van der Waals surface area (Å²) >= 11 is 6.84. The van der Waals surface area contributed by atoms with Gasteiger partial charge in [-0.2, -0.15) is 0 Å². The molecule has 0 aliphatic carbocycles. The highest BCUT2D eigenvalue weighted by Crippen LogP contribution is 2.40. The van der Waals surface area contributed by atoms with Gasteiger partial charge < -0.3 is 19.8 Å². The third-order valence-electron chi connectivity index (χ3n) is 6.18. The summed E-state index contributed by atoms with van der Waals surface area (Å²) in [6.45, 7) is 6.03. The molecule has 0 spiro atoms. The van der Waals surface area contributed by atoms with E-state index in [1.165, 1.54) is 16.7 Å². The molecule has 5 rings (SSSR count). The molecule has 2 fully saturated rings. The number of ether oxygens (including phenoxy) is 2. The van der Waals surface area contributed by atoms with Gasteiger partial charge in [0.2, 0.25) is 0 Å². The maximum absolute atomic E-state index is 6.84. The second-order valence-corrected chi connectivity index (χ2v) is 8.43. The molecule has 152 valence electrons. The topological polar surface area (TPSA) is 59.2 Å². The second kappa shape index (κ2) is 8.07. The van der Waals surface area contributed by atoms with Gasteiger partial charge >= 0.3 is 0 Å². The maximum Gasteiger partial charge on any atom is 0.137 e. The highest BCUT2D eigenvalue weighted by Gasteiger charge is 2.26. The molecule has 2 aromatic heterocycles. The molecule has 2 aliphatic heterocycles. The van der Waals surface area contributed by atoms with Gasteiger partial charge in [0, 0.05) is 53.7 Å². The van der Waals surface area contributed by atoms with Crippen LogP contribution in [0.4, 0.5) is 0 Å². The Bertz CT molecular complexity index is 1020. The molecule has 0 amide bonds. The molecule has 5 nitrogen and oxygen atoms in total. The number of aromatic amines is 1. The number of halogens is 1. The number of hydrogen-bond acceptors (Lipinski definition) is 4. The Balaban J connectivity index is 1.62. The standard InChI is InChI=1S/C23H26ClN3O2/c1-14-11-26-23-17(14)8-16(12-27-23)19-9-20(22-13-29-7-4-25-22)18(10-21(19)24)15-2-5-28-6-3-15/h8-12,15,22,25H,2-7,13H2,1H3,(H,26,27). The van der Waals surface area contributed by atoms with Gasteiger partial charge in [-0.05, 0) is 60.6 Å². The molecule has 1 atom stereocenters. The van der Waals surface area contributed by atoms with Gasteiger partial charge in [0.15, 0.2) is 0 Å². The van der Waals surface area contributed by atoms with E-state index in [9.17, 15) is 0 Å². The number of aromatic nitrogens is 2. The summed E-state index contributed by atoms with van der Waals surface area (Å²) in [6.07, 6.45) is 5.97. The minimum atomic E-state index is 0.184. The van der Waals surface area contributed by atoms with E-state index in [0.29, 0.717) is 12.5 Å². The van der Waals surface area contributed by atoms with Crippen molar-refractivity contribution in [3.05, 3.63) is 52.3 Å². The van der Waals surface area contributed by atoms with Gasteiger partial charge in [0.25, 0.3) is 0 Å². The van der Waals surface area contributed by atoms with Gasteiger partial charge in [0.1, 0.15) is 5.65 Å². The third kappa shape index (κ3) is 3.68. The van der Waals surface area contributed by atoms with Crippen molar-refractivity contribution in [1.82, 2.24) is 15.3 Å². The number of rotatable bonds is 3. The summed E-state index contributed by atoms with van der Waals surface area (Å²) in [5.74, 6) is 0.474. The predicted molar refractivity (Wildman–Crippen MR) is 116 cm³/mol. The van der Waals surface area contributed by atoms with Crippen LogP contribution in [-0.2, 0) is 9.47 Å².